The van der Waals surface area contributed by atoms with Gasteiger partial charge in [0.05, 0.1) is 10.2 Å². The third-order valence-corrected chi connectivity index (χ3v) is 5.29. The van der Waals surface area contributed by atoms with Gasteiger partial charge in [0.1, 0.15) is 0 Å². The third kappa shape index (κ3) is 3.01. The number of nitrogens with zero attached hydrogens (tertiary/aromatic N) is 2. The molecular formula is C21H18N2OS. The normalized spacial score (nSPS) is 12.1. The van der Waals surface area contributed by atoms with Crippen molar-refractivity contribution < 1.29 is 4.79 Å². The van der Waals surface area contributed by atoms with Crippen LogP contribution in [0.25, 0.3) is 21.0 Å². The number of para-hydroxylation sites is 1. The number of fused-ring (bicyclic) bond motifs is 2. The lowest BCUT2D eigenvalue weighted by Crippen LogP contribution is -2.16. The van der Waals surface area contributed by atoms with Gasteiger partial charge in [0.15, 0.2) is 4.80 Å². The first-order chi connectivity index (χ1) is 12.3. The Balaban J connectivity index is 1.82. The van der Waals surface area contributed by atoms with Crippen molar-refractivity contribution in [3.63, 3.8) is 0 Å². The standard InChI is InChI=1S/C21H18N2OS/c1-2-13-23-18-9-5-6-10-19(18)25-21(23)22-20(24)17-12-11-15-7-3-4-8-16(15)14-17/h3-12,14H,2,13H2,1H3. The Bertz CT molecular complexity index is 1140. The second-order valence-electron chi connectivity index (χ2n) is 5.98. The molecule has 0 spiro atoms. The minimum atomic E-state index is -0.192. The molecule has 1 aromatic heterocycles. The monoisotopic (exact) mass is 346 g/mol. The first-order valence-corrected chi connectivity index (χ1v) is 9.24. The van der Waals surface area contributed by atoms with Crippen LogP contribution in [0.3, 0.4) is 0 Å². The van der Waals surface area contributed by atoms with Crippen LogP contribution in [-0.4, -0.2) is 10.5 Å². The molecule has 3 nitrogen and oxygen atoms in total. The summed E-state index contributed by atoms with van der Waals surface area (Å²) in [5.41, 5.74) is 1.76. The highest BCUT2D eigenvalue weighted by Gasteiger charge is 2.09. The second-order valence-corrected chi connectivity index (χ2v) is 6.99. The van der Waals surface area contributed by atoms with Gasteiger partial charge in [0.25, 0.3) is 5.91 Å². The topological polar surface area (TPSA) is 34.4 Å². The van der Waals surface area contributed by atoms with Crippen LogP contribution in [0, 0.1) is 0 Å². The van der Waals surface area contributed by atoms with Crippen LogP contribution in [0.5, 0.6) is 0 Å². The Morgan fingerprint density at radius 3 is 2.60 bits per heavy atom. The molecule has 3 aromatic carbocycles. The smallest absolute Gasteiger partial charge is 0.279 e. The predicted octanol–water partition coefficient (Wildman–Crippen LogP) is 5.01. The van der Waals surface area contributed by atoms with E-state index in [4.69, 9.17) is 0 Å². The maximum atomic E-state index is 12.7. The van der Waals surface area contributed by atoms with Gasteiger partial charge in [-0.15, -0.1) is 0 Å². The van der Waals surface area contributed by atoms with Crippen LogP contribution in [-0.2, 0) is 6.54 Å². The fraction of sp³-hybridized carbons (Fsp3) is 0.143. The summed E-state index contributed by atoms with van der Waals surface area (Å²) in [5.74, 6) is -0.192. The second kappa shape index (κ2) is 6.65. The van der Waals surface area contributed by atoms with Gasteiger partial charge in [-0.2, -0.15) is 4.99 Å². The molecule has 0 atom stereocenters. The zero-order chi connectivity index (χ0) is 17.2. The van der Waals surface area contributed by atoms with Crippen LogP contribution in [0.1, 0.15) is 23.7 Å². The molecule has 1 amide bonds. The zero-order valence-corrected chi connectivity index (χ0v) is 14.8. The summed E-state index contributed by atoms with van der Waals surface area (Å²) in [7, 11) is 0. The largest absolute Gasteiger partial charge is 0.316 e. The maximum absolute atomic E-state index is 12.7. The van der Waals surface area contributed by atoms with Crippen LogP contribution in [0.2, 0.25) is 0 Å². The lowest BCUT2D eigenvalue weighted by Gasteiger charge is -2.03. The van der Waals surface area contributed by atoms with Gasteiger partial charge >= 0.3 is 0 Å². The van der Waals surface area contributed by atoms with Gasteiger partial charge in [-0.05, 0) is 41.5 Å². The molecule has 25 heavy (non-hydrogen) atoms. The summed E-state index contributed by atoms with van der Waals surface area (Å²) in [4.78, 5) is 17.9. The van der Waals surface area contributed by atoms with Gasteiger partial charge in [-0.1, -0.05) is 60.7 Å². The summed E-state index contributed by atoms with van der Waals surface area (Å²) in [6, 6.07) is 22.0. The third-order valence-electron chi connectivity index (χ3n) is 4.23. The minimum Gasteiger partial charge on any atom is -0.316 e. The molecule has 0 bridgehead atoms. The minimum absolute atomic E-state index is 0.192. The highest BCUT2D eigenvalue weighted by atomic mass is 32.1. The number of benzene rings is 3. The van der Waals surface area contributed by atoms with E-state index in [0.29, 0.717) is 5.56 Å². The molecule has 0 fully saturated rings. The van der Waals surface area contributed by atoms with Gasteiger partial charge in [0, 0.05) is 12.1 Å². The number of aromatic nitrogens is 1. The molecule has 1 heterocycles. The molecule has 0 radical (unpaired) electrons. The van der Waals surface area contributed by atoms with Gasteiger partial charge < -0.3 is 4.57 Å². The SMILES string of the molecule is CCCn1c(=NC(=O)c2ccc3ccccc3c2)sc2ccccc21. The lowest BCUT2D eigenvalue weighted by atomic mass is 10.1. The molecule has 0 aliphatic carbocycles. The fourth-order valence-electron chi connectivity index (χ4n) is 3.02. The molecule has 4 rings (SSSR count). The zero-order valence-electron chi connectivity index (χ0n) is 14.0. The Morgan fingerprint density at radius 1 is 1.00 bits per heavy atom. The van der Waals surface area contributed by atoms with E-state index in [2.05, 4.69) is 28.6 Å². The number of carbonyl (C=O) groups is 1. The average Bonchev–Trinajstić information content (AvgIpc) is 2.99. The Morgan fingerprint density at radius 2 is 1.76 bits per heavy atom. The van der Waals surface area contributed by atoms with E-state index < -0.39 is 0 Å². The highest BCUT2D eigenvalue weighted by Crippen LogP contribution is 2.18. The first-order valence-electron chi connectivity index (χ1n) is 8.42. The van der Waals surface area contributed by atoms with Crippen molar-refractivity contribution in [2.24, 2.45) is 4.99 Å². The number of amides is 1. The molecule has 4 aromatic rings. The van der Waals surface area contributed by atoms with Gasteiger partial charge in [0.2, 0.25) is 0 Å². The summed E-state index contributed by atoms with van der Waals surface area (Å²) in [6.07, 6.45) is 0.998. The number of rotatable bonds is 3. The van der Waals surface area contributed by atoms with Crippen LogP contribution >= 0.6 is 11.3 Å². The molecule has 0 unspecified atom stereocenters. The van der Waals surface area contributed by atoms with E-state index in [1.807, 2.05) is 54.6 Å². The van der Waals surface area contributed by atoms with Gasteiger partial charge in [-0.25, -0.2) is 0 Å². The molecule has 0 saturated carbocycles. The number of carbonyl (C=O) groups excluding carboxylic acids is 1. The van der Waals surface area contributed by atoms with E-state index in [0.717, 1.165) is 38.8 Å². The summed E-state index contributed by atoms with van der Waals surface area (Å²) in [6.45, 7) is 2.99. The van der Waals surface area contributed by atoms with Crippen molar-refractivity contribution in [1.29, 1.82) is 0 Å². The first kappa shape index (κ1) is 15.8. The quantitative estimate of drug-likeness (QED) is 0.513. The molecule has 0 saturated heterocycles. The van der Waals surface area contributed by atoms with E-state index in [9.17, 15) is 4.79 Å². The fourth-order valence-corrected chi connectivity index (χ4v) is 4.07. The number of hydrogen-bond acceptors (Lipinski definition) is 2. The number of thiazole rings is 1. The number of aryl methyl sites for hydroxylation is 1. The summed E-state index contributed by atoms with van der Waals surface area (Å²) >= 11 is 1.57. The van der Waals surface area contributed by atoms with Crippen molar-refractivity contribution in [2.75, 3.05) is 0 Å². The van der Waals surface area contributed by atoms with Crippen molar-refractivity contribution in [3.8, 4) is 0 Å². The lowest BCUT2D eigenvalue weighted by molar-refractivity contribution is 0.0998. The number of hydrogen-bond donors (Lipinski definition) is 0. The molecule has 4 heteroatoms. The Labute approximate surface area is 149 Å². The molecular weight excluding hydrogens is 328 g/mol. The molecule has 0 aliphatic heterocycles. The predicted molar refractivity (Wildman–Crippen MR) is 104 cm³/mol. The molecule has 0 aliphatic rings. The summed E-state index contributed by atoms with van der Waals surface area (Å²) < 4.78 is 3.29. The van der Waals surface area contributed by atoms with Crippen molar-refractivity contribution >= 4 is 38.2 Å². The summed E-state index contributed by atoms with van der Waals surface area (Å²) in [5, 5.41) is 2.18. The maximum Gasteiger partial charge on any atom is 0.279 e. The van der Waals surface area contributed by atoms with Crippen molar-refractivity contribution in [1.82, 2.24) is 4.57 Å². The van der Waals surface area contributed by atoms with Crippen molar-refractivity contribution in [2.45, 2.75) is 19.9 Å². The Hall–Kier alpha value is -2.72. The van der Waals surface area contributed by atoms with Crippen LogP contribution in [0.4, 0.5) is 0 Å². The van der Waals surface area contributed by atoms with Crippen molar-refractivity contribution in [3.05, 3.63) is 77.1 Å². The average molecular weight is 346 g/mol. The van der Waals surface area contributed by atoms with E-state index in [-0.39, 0.29) is 5.91 Å². The molecule has 124 valence electrons. The highest BCUT2D eigenvalue weighted by molar-refractivity contribution is 7.16. The van der Waals surface area contributed by atoms with Crippen LogP contribution < -0.4 is 4.80 Å². The van der Waals surface area contributed by atoms with E-state index in [1.165, 1.54) is 0 Å². The van der Waals surface area contributed by atoms with E-state index in [1.54, 1.807) is 11.3 Å². The van der Waals surface area contributed by atoms with Crippen LogP contribution in [0.15, 0.2) is 71.7 Å². The van der Waals surface area contributed by atoms with Gasteiger partial charge in [-0.3, -0.25) is 4.79 Å². The van der Waals surface area contributed by atoms with E-state index >= 15 is 0 Å². The Kier molecular flexibility index (Phi) is 4.20. The molecule has 0 N–H and O–H groups in total.